The minimum atomic E-state index is -1.32. The Balaban J connectivity index is 1.67. The van der Waals surface area contributed by atoms with Gasteiger partial charge in [-0.2, -0.15) is 11.8 Å². The fourth-order valence-corrected chi connectivity index (χ4v) is 6.90. The van der Waals surface area contributed by atoms with Crippen molar-refractivity contribution in [3.05, 3.63) is 46.3 Å². The zero-order chi connectivity index (χ0) is 30.6. The molecule has 0 saturated carbocycles. The number of benzene rings is 1. The Labute approximate surface area is 250 Å². The summed E-state index contributed by atoms with van der Waals surface area (Å²) in [5.74, 6) is -3.20. The molecule has 224 valence electrons. The van der Waals surface area contributed by atoms with Crippen LogP contribution in [0, 0.1) is 0 Å². The maximum Gasteiger partial charge on any atom is 0.345 e. The van der Waals surface area contributed by atoms with Crippen molar-refractivity contribution in [2.24, 2.45) is 0 Å². The third-order valence-electron chi connectivity index (χ3n) is 7.04. The van der Waals surface area contributed by atoms with Crippen LogP contribution in [-0.2, 0) is 29.7 Å². The van der Waals surface area contributed by atoms with Crippen LogP contribution in [0.1, 0.15) is 45.4 Å². The largest absolute Gasteiger partial charge is 0.477 e. The van der Waals surface area contributed by atoms with E-state index in [9.17, 15) is 33.9 Å². The Morgan fingerprint density at radius 2 is 1.86 bits per heavy atom. The topological polar surface area (TPSA) is 162 Å². The Kier molecular flexibility index (Phi) is 9.89. The van der Waals surface area contributed by atoms with Gasteiger partial charge in [0.2, 0.25) is 23.6 Å². The number of rotatable bonds is 5. The molecule has 0 bridgehead atoms. The lowest BCUT2D eigenvalue weighted by Gasteiger charge is -2.28. The average molecular weight is 617 g/mol. The summed E-state index contributed by atoms with van der Waals surface area (Å²) in [5, 5.41) is 14.7. The first-order chi connectivity index (χ1) is 20.0. The van der Waals surface area contributed by atoms with Gasteiger partial charge in [-0.15, -0.1) is 11.3 Å². The lowest BCUT2D eigenvalue weighted by Crippen LogP contribution is -2.58. The molecule has 12 nitrogen and oxygen atoms in total. The molecule has 2 aromatic rings. The summed E-state index contributed by atoms with van der Waals surface area (Å²) in [4.78, 5) is 79.9. The highest BCUT2D eigenvalue weighted by Crippen LogP contribution is 2.35. The number of carbonyl (C=O) groups is 6. The third-order valence-corrected chi connectivity index (χ3v) is 9.21. The summed E-state index contributed by atoms with van der Waals surface area (Å²) in [6, 6.07) is 5.18. The fourth-order valence-electron chi connectivity index (χ4n) is 4.90. The summed E-state index contributed by atoms with van der Waals surface area (Å²) in [5.41, 5.74) is 1.48. The van der Waals surface area contributed by atoms with Crippen LogP contribution in [0.3, 0.4) is 0 Å². The van der Waals surface area contributed by atoms with E-state index in [2.05, 4.69) is 10.6 Å². The number of hydrogen-bond acceptors (Lipinski definition) is 9. The lowest BCUT2D eigenvalue weighted by molar-refractivity contribution is -0.139. The number of carbonyl (C=O) groups excluding carboxylic acids is 5. The van der Waals surface area contributed by atoms with Crippen molar-refractivity contribution in [2.75, 3.05) is 33.0 Å². The zero-order valence-electron chi connectivity index (χ0n) is 23.4. The highest BCUT2D eigenvalue weighted by atomic mass is 32.2. The van der Waals surface area contributed by atoms with Gasteiger partial charge >= 0.3 is 11.9 Å². The van der Waals surface area contributed by atoms with Crippen LogP contribution in [-0.4, -0.2) is 102 Å². The Bertz CT molecular complexity index is 1410. The first kappa shape index (κ1) is 31.0. The van der Waals surface area contributed by atoms with Crippen molar-refractivity contribution in [2.45, 2.75) is 43.6 Å². The monoisotopic (exact) mass is 616 g/mol. The Morgan fingerprint density at radius 3 is 2.52 bits per heavy atom. The van der Waals surface area contributed by atoms with Gasteiger partial charge in [0.25, 0.3) is 0 Å². The molecular formula is C28H32N4O8S2. The molecule has 0 unspecified atom stereocenters. The summed E-state index contributed by atoms with van der Waals surface area (Å²) in [6.45, 7) is 1.29. The highest BCUT2D eigenvalue weighted by molar-refractivity contribution is 7.98. The van der Waals surface area contributed by atoms with Crippen LogP contribution in [0.15, 0.2) is 30.3 Å². The Hall–Kier alpha value is -3.91. The van der Waals surface area contributed by atoms with Gasteiger partial charge in [0.1, 0.15) is 29.6 Å². The summed E-state index contributed by atoms with van der Waals surface area (Å²) >= 11 is 2.39. The van der Waals surface area contributed by atoms with E-state index in [-0.39, 0.29) is 33.8 Å². The maximum atomic E-state index is 13.4. The molecule has 3 atom stereocenters. The molecule has 0 spiro atoms. The number of amides is 4. The molecule has 0 aliphatic carbocycles. The van der Waals surface area contributed by atoms with Crippen molar-refractivity contribution in [3.8, 4) is 10.4 Å². The molecule has 2 aliphatic rings. The van der Waals surface area contributed by atoms with Crippen molar-refractivity contribution < 1.29 is 38.6 Å². The normalized spacial score (nSPS) is 21.2. The van der Waals surface area contributed by atoms with Crippen molar-refractivity contribution >= 4 is 58.7 Å². The number of aromatic carboxylic acids is 1. The second-order valence-electron chi connectivity index (χ2n) is 10.1. The molecule has 2 aliphatic heterocycles. The van der Waals surface area contributed by atoms with Gasteiger partial charge in [-0.25, -0.2) is 9.59 Å². The van der Waals surface area contributed by atoms with Crippen LogP contribution in [0.2, 0.25) is 0 Å². The first-order valence-corrected chi connectivity index (χ1v) is 15.2. The minimum Gasteiger partial charge on any atom is -0.477 e. The molecule has 3 heterocycles. The van der Waals surface area contributed by atoms with Gasteiger partial charge in [0.05, 0.1) is 5.56 Å². The van der Waals surface area contributed by atoms with Gasteiger partial charge in [-0.05, 0) is 42.2 Å². The molecule has 3 N–H and O–H groups in total. The van der Waals surface area contributed by atoms with Crippen LogP contribution in [0.4, 0.5) is 0 Å². The van der Waals surface area contributed by atoms with Crippen molar-refractivity contribution in [1.82, 2.24) is 20.4 Å². The number of likely N-dealkylation sites (N-methyl/N-ethyl adjacent to an activating group) is 1. The van der Waals surface area contributed by atoms with E-state index in [0.717, 1.165) is 11.3 Å². The molecule has 4 rings (SSSR count). The fraction of sp³-hybridized carbons (Fsp3) is 0.429. The number of carboxylic acid groups (broad SMARTS) is 1. The van der Waals surface area contributed by atoms with E-state index in [1.54, 1.807) is 38.4 Å². The summed E-state index contributed by atoms with van der Waals surface area (Å²) < 4.78 is 5.55. The van der Waals surface area contributed by atoms with E-state index in [1.807, 2.05) is 0 Å². The number of hydrogen-bond donors (Lipinski definition) is 3. The number of ether oxygens (including phenoxy) is 1. The third kappa shape index (κ3) is 6.93. The lowest BCUT2D eigenvalue weighted by atomic mass is 10.0. The number of nitrogens with one attached hydrogen (secondary N) is 2. The van der Waals surface area contributed by atoms with Gasteiger partial charge in [0.15, 0.2) is 0 Å². The molecule has 14 heteroatoms. The van der Waals surface area contributed by atoms with Crippen LogP contribution in [0.25, 0.3) is 10.4 Å². The number of thiophene rings is 1. The summed E-state index contributed by atoms with van der Waals surface area (Å²) in [7, 11) is 3.13. The van der Waals surface area contributed by atoms with E-state index in [0.29, 0.717) is 35.4 Å². The average Bonchev–Trinajstić information content (AvgIpc) is 3.64. The highest BCUT2D eigenvalue weighted by Gasteiger charge is 2.36. The second-order valence-corrected chi connectivity index (χ2v) is 12.3. The number of fused-ring (bicyclic) bond motifs is 1. The van der Waals surface area contributed by atoms with Crippen molar-refractivity contribution in [1.29, 1.82) is 0 Å². The number of esters is 1. The van der Waals surface area contributed by atoms with Gasteiger partial charge < -0.3 is 30.3 Å². The standard InChI is InChI=1S/C28H32N4O8S2/c1-15(33)32-11-5-8-21(32)25(35)29-19-12-40-28(39)17-7-4-6-16(22-9-10-23(42-22)27(37)38)18(17)13-41-14-20(30-24(19)34)26(36)31(2)3/h4,6-7,9-10,19-21H,5,8,11-14H2,1-3H3,(H,29,35)(H,30,34)(H,37,38)/t19-,20-,21+/m1/s1. The van der Waals surface area contributed by atoms with E-state index >= 15 is 0 Å². The molecule has 0 radical (unpaired) electrons. The van der Waals surface area contributed by atoms with Gasteiger partial charge in [0, 0.05) is 43.9 Å². The van der Waals surface area contributed by atoms with E-state index in [4.69, 9.17) is 4.74 Å². The Morgan fingerprint density at radius 1 is 1.12 bits per heavy atom. The van der Waals surface area contributed by atoms with E-state index < -0.39 is 48.5 Å². The molecule has 1 aromatic carbocycles. The molecule has 42 heavy (non-hydrogen) atoms. The van der Waals surface area contributed by atoms with Crippen LogP contribution >= 0.6 is 23.1 Å². The summed E-state index contributed by atoms with van der Waals surface area (Å²) in [6.07, 6.45) is 1.07. The van der Waals surface area contributed by atoms with Gasteiger partial charge in [-0.1, -0.05) is 12.1 Å². The second kappa shape index (κ2) is 13.4. The van der Waals surface area contributed by atoms with Crippen LogP contribution < -0.4 is 10.6 Å². The first-order valence-electron chi connectivity index (χ1n) is 13.3. The molecule has 1 fully saturated rings. The number of cyclic esters (lactones) is 1. The molecule has 1 saturated heterocycles. The quantitative estimate of drug-likeness (QED) is 0.424. The predicted molar refractivity (Wildman–Crippen MR) is 156 cm³/mol. The smallest absolute Gasteiger partial charge is 0.345 e. The number of thioether (sulfide) groups is 1. The number of likely N-dealkylation sites (tertiary alicyclic amines) is 1. The molecule has 4 amide bonds. The minimum absolute atomic E-state index is 0.148. The number of carboxylic acids is 1. The maximum absolute atomic E-state index is 13.4. The molecule has 1 aromatic heterocycles. The zero-order valence-corrected chi connectivity index (χ0v) is 25.0. The molecular weight excluding hydrogens is 584 g/mol. The van der Waals surface area contributed by atoms with Crippen molar-refractivity contribution in [3.63, 3.8) is 0 Å². The SMILES string of the molecule is CC(=O)N1CCC[C@H]1C(=O)N[C@@H]1COC(=O)c2cccc(-c3ccc(C(=O)O)s3)c2CSC[C@H](C(=O)N(C)C)NC1=O. The number of nitrogens with zero attached hydrogens (tertiary/aromatic N) is 2. The van der Waals surface area contributed by atoms with Gasteiger partial charge in [-0.3, -0.25) is 19.2 Å². The predicted octanol–water partition coefficient (Wildman–Crippen LogP) is 1.59. The van der Waals surface area contributed by atoms with E-state index in [1.165, 1.54) is 34.6 Å². The van der Waals surface area contributed by atoms with Crippen LogP contribution in [0.5, 0.6) is 0 Å².